The Morgan fingerprint density at radius 1 is 1.50 bits per heavy atom. The molecule has 0 fully saturated rings. The molecule has 1 aromatic rings. The molecule has 0 bridgehead atoms. The van der Waals surface area contributed by atoms with E-state index in [2.05, 4.69) is 0 Å². The number of ether oxygens (including phenoxy) is 1. The maximum absolute atomic E-state index is 11.5. The molecular weight excluding hydrogens is 234 g/mol. The molecule has 0 aliphatic carbocycles. The number of anilines is 1. The van der Waals surface area contributed by atoms with Gasteiger partial charge in [-0.3, -0.25) is 9.59 Å². The Morgan fingerprint density at radius 3 is 2.62 bits per heavy atom. The van der Waals surface area contributed by atoms with Gasteiger partial charge in [0.15, 0.2) is 5.78 Å². The van der Waals surface area contributed by atoms with Crippen LogP contribution in [0.4, 0.5) is 5.69 Å². The van der Waals surface area contributed by atoms with E-state index in [0.29, 0.717) is 0 Å². The number of nitrogen functional groups attached to an aromatic ring is 1. The molecule has 3 N–H and O–H groups in total. The molecule has 0 unspecified atom stereocenters. The minimum Gasteiger partial charge on any atom is -0.496 e. The summed E-state index contributed by atoms with van der Waals surface area (Å²) in [7, 11) is 1.36. The van der Waals surface area contributed by atoms with Crippen molar-refractivity contribution >= 4 is 29.0 Å². The van der Waals surface area contributed by atoms with E-state index in [4.69, 9.17) is 27.2 Å². The maximum atomic E-state index is 11.5. The molecule has 0 amide bonds. The summed E-state index contributed by atoms with van der Waals surface area (Å²) in [6.45, 7) is 0. The monoisotopic (exact) mass is 243 g/mol. The first-order valence-electron chi connectivity index (χ1n) is 4.33. The molecule has 86 valence electrons. The second-order valence-electron chi connectivity index (χ2n) is 3.07. The van der Waals surface area contributed by atoms with Gasteiger partial charge in [-0.1, -0.05) is 11.6 Å². The largest absolute Gasteiger partial charge is 0.496 e. The van der Waals surface area contributed by atoms with Crippen molar-refractivity contribution in [1.82, 2.24) is 0 Å². The highest BCUT2D eigenvalue weighted by molar-refractivity contribution is 6.33. The molecule has 6 heteroatoms. The summed E-state index contributed by atoms with van der Waals surface area (Å²) in [5.41, 5.74) is 5.91. The van der Waals surface area contributed by atoms with Gasteiger partial charge in [0.2, 0.25) is 0 Å². The summed E-state index contributed by atoms with van der Waals surface area (Å²) in [5.74, 6) is -1.57. The van der Waals surface area contributed by atoms with Crippen LogP contribution in [-0.2, 0) is 4.79 Å². The summed E-state index contributed by atoms with van der Waals surface area (Å²) >= 11 is 5.74. The molecule has 16 heavy (non-hydrogen) atoms. The number of nitrogens with two attached hydrogens (primary N) is 1. The van der Waals surface area contributed by atoms with Gasteiger partial charge < -0.3 is 15.6 Å². The van der Waals surface area contributed by atoms with E-state index in [1.807, 2.05) is 0 Å². The lowest BCUT2D eigenvalue weighted by Gasteiger charge is -2.08. The average molecular weight is 244 g/mol. The fraction of sp³-hybridized carbons (Fsp3) is 0.200. The lowest BCUT2D eigenvalue weighted by molar-refractivity contribution is -0.135. The third-order valence-corrected chi connectivity index (χ3v) is 2.26. The van der Waals surface area contributed by atoms with E-state index < -0.39 is 18.2 Å². The molecule has 0 saturated heterocycles. The van der Waals surface area contributed by atoms with Crippen molar-refractivity contribution in [3.05, 3.63) is 22.7 Å². The van der Waals surface area contributed by atoms with Crippen LogP contribution in [-0.4, -0.2) is 24.0 Å². The summed E-state index contributed by atoms with van der Waals surface area (Å²) in [6, 6.07) is 2.69. The van der Waals surface area contributed by atoms with E-state index >= 15 is 0 Å². The Labute approximate surface area is 96.8 Å². The van der Waals surface area contributed by atoms with Crippen molar-refractivity contribution in [1.29, 1.82) is 0 Å². The van der Waals surface area contributed by atoms with Gasteiger partial charge in [-0.05, 0) is 6.07 Å². The molecule has 0 saturated carbocycles. The summed E-state index contributed by atoms with van der Waals surface area (Å²) in [5, 5.41) is 8.70. The topological polar surface area (TPSA) is 89.6 Å². The van der Waals surface area contributed by atoms with Gasteiger partial charge in [0.05, 0.1) is 23.4 Å². The minimum atomic E-state index is -1.21. The van der Waals surface area contributed by atoms with E-state index in [9.17, 15) is 9.59 Å². The number of carbonyl (C=O) groups excluding carboxylic acids is 1. The Kier molecular flexibility index (Phi) is 3.73. The molecule has 0 atom stereocenters. The number of ketones is 1. The van der Waals surface area contributed by atoms with Crippen molar-refractivity contribution < 1.29 is 19.4 Å². The molecule has 0 spiro atoms. The van der Waals surface area contributed by atoms with Gasteiger partial charge in [-0.25, -0.2) is 0 Å². The van der Waals surface area contributed by atoms with Gasteiger partial charge in [0, 0.05) is 6.07 Å². The molecule has 0 heterocycles. The van der Waals surface area contributed by atoms with Crippen molar-refractivity contribution in [2.75, 3.05) is 12.8 Å². The third-order valence-electron chi connectivity index (χ3n) is 1.93. The number of aliphatic carboxylic acids is 1. The number of hydrogen-bond acceptors (Lipinski definition) is 4. The maximum Gasteiger partial charge on any atom is 0.311 e. The van der Waals surface area contributed by atoms with Crippen molar-refractivity contribution in [3.8, 4) is 5.75 Å². The first-order chi connectivity index (χ1) is 7.45. The van der Waals surface area contributed by atoms with Gasteiger partial charge in [-0.15, -0.1) is 0 Å². The Bertz CT molecular complexity index is 445. The molecule has 0 aromatic heterocycles. The van der Waals surface area contributed by atoms with E-state index in [1.165, 1.54) is 19.2 Å². The smallest absolute Gasteiger partial charge is 0.311 e. The molecule has 5 nitrogen and oxygen atoms in total. The SMILES string of the molecule is COc1cc(N)c(Cl)cc1C(=O)CC(=O)O. The van der Waals surface area contributed by atoms with Gasteiger partial charge in [-0.2, -0.15) is 0 Å². The van der Waals surface area contributed by atoms with Gasteiger partial charge >= 0.3 is 5.97 Å². The Balaban J connectivity index is 3.16. The number of hydrogen-bond donors (Lipinski definition) is 2. The van der Waals surface area contributed by atoms with Crippen LogP contribution in [0.25, 0.3) is 0 Å². The summed E-state index contributed by atoms with van der Waals surface area (Å²) < 4.78 is 4.93. The number of carboxylic acids is 1. The highest BCUT2D eigenvalue weighted by Gasteiger charge is 2.17. The molecule has 1 aromatic carbocycles. The fourth-order valence-electron chi connectivity index (χ4n) is 1.19. The second-order valence-corrected chi connectivity index (χ2v) is 3.47. The van der Waals surface area contributed by atoms with E-state index in [0.717, 1.165) is 0 Å². The highest BCUT2D eigenvalue weighted by Crippen LogP contribution is 2.29. The predicted octanol–water partition coefficient (Wildman–Crippen LogP) is 1.59. The van der Waals surface area contributed by atoms with Crippen LogP contribution in [0.2, 0.25) is 5.02 Å². The number of carbonyl (C=O) groups is 2. The zero-order valence-electron chi connectivity index (χ0n) is 8.49. The van der Waals surface area contributed by atoms with Crippen LogP contribution < -0.4 is 10.5 Å². The lowest BCUT2D eigenvalue weighted by atomic mass is 10.1. The van der Waals surface area contributed by atoms with Gasteiger partial charge in [0.25, 0.3) is 0 Å². The quantitative estimate of drug-likeness (QED) is 0.476. The highest BCUT2D eigenvalue weighted by atomic mass is 35.5. The zero-order valence-corrected chi connectivity index (χ0v) is 9.25. The Morgan fingerprint density at radius 2 is 2.12 bits per heavy atom. The molecule has 1 rings (SSSR count). The van der Waals surface area contributed by atoms with E-state index in [1.54, 1.807) is 0 Å². The van der Waals surface area contributed by atoms with E-state index in [-0.39, 0.29) is 22.0 Å². The minimum absolute atomic E-state index is 0.115. The normalized spacial score (nSPS) is 9.88. The van der Waals surface area contributed by atoms with Crippen LogP contribution >= 0.6 is 11.6 Å². The standard InChI is InChI=1S/C10H10ClNO4/c1-16-9-3-7(12)6(11)2-5(9)8(13)4-10(14)15/h2-3H,4,12H2,1H3,(H,14,15). The summed E-state index contributed by atoms with van der Waals surface area (Å²) in [6.07, 6.45) is -0.614. The van der Waals surface area contributed by atoms with Crippen molar-refractivity contribution in [2.24, 2.45) is 0 Å². The Hall–Kier alpha value is -1.75. The summed E-state index contributed by atoms with van der Waals surface area (Å²) in [4.78, 5) is 22.0. The van der Waals surface area contributed by atoms with Crippen LogP contribution in [0.1, 0.15) is 16.8 Å². The predicted molar refractivity (Wildman–Crippen MR) is 59.0 cm³/mol. The first-order valence-corrected chi connectivity index (χ1v) is 4.71. The number of carboxylic acid groups (broad SMARTS) is 1. The van der Waals surface area contributed by atoms with Crippen LogP contribution in [0.15, 0.2) is 12.1 Å². The first kappa shape index (κ1) is 12.3. The molecular formula is C10H10ClNO4. The lowest BCUT2D eigenvalue weighted by Crippen LogP contribution is -2.09. The second kappa shape index (κ2) is 4.85. The number of methoxy groups -OCH3 is 1. The average Bonchev–Trinajstić information content (AvgIpc) is 2.20. The van der Waals surface area contributed by atoms with Gasteiger partial charge in [0.1, 0.15) is 12.2 Å². The molecule has 0 radical (unpaired) electrons. The molecule has 0 aliphatic rings. The zero-order chi connectivity index (χ0) is 12.3. The van der Waals surface area contributed by atoms with Crippen LogP contribution in [0.5, 0.6) is 5.75 Å². The number of halogens is 1. The third kappa shape index (κ3) is 2.64. The van der Waals surface area contributed by atoms with Crippen LogP contribution in [0.3, 0.4) is 0 Å². The molecule has 0 aliphatic heterocycles. The fourth-order valence-corrected chi connectivity index (χ4v) is 1.35. The number of benzene rings is 1. The number of rotatable bonds is 4. The number of Topliss-reactive ketones (excluding diaryl/α,β-unsaturated/α-hetero) is 1. The van der Waals surface area contributed by atoms with Crippen LogP contribution in [0, 0.1) is 0 Å². The van der Waals surface area contributed by atoms with Crippen molar-refractivity contribution in [2.45, 2.75) is 6.42 Å². The van der Waals surface area contributed by atoms with Crippen molar-refractivity contribution in [3.63, 3.8) is 0 Å².